The predicted molar refractivity (Wildman–Crippen MR) is 59.0 cm³/mol. The smallest absolute Gasteiger partial charge is 0.349 e. The van der Waals surface area contributed by atoms with Crippen LogP contribution in [0.3, 0.4) is 0 Å². The van der Waals surface area contributed by atoms with Crippen molar-refractivity contribution in [3.05, 3.63) is 11.1 Å². The highest BCUT2D eigenvalue weighted by atomic mass is 35.5. The van der Waals surface area contributed by atoms with Crippen molar-refractivity contribution in [3.8, 4) is 0 Å². The molecule has 1 saturated carbocycles. The van der Waals surface area contributed by atoms with Crippen molar-refractivity contribution in [2.24, 2.45) is 17.3 Å². The molecule has 1 aliphatic carbocycles. The fraction of sp³-hybridized carbons (Fsp3) is 0.636. The minimum atomic E-state index is -0.862. The zero-order chi connectivity index (χ0) is 12.5. The highest BCUT2D eigenvalue weighted by molar-refractivity contribution is 6.41. The molecule has 0 heterocycles. The van der Waals surface area contributed by atoms with Gasteiger partial charge in [-0.05, 0) is 18.3 Å². The number of hydrogen-bond acceptors (Lipinski definition) is 3. The number of esters is 1. The van der Waals surface area contributed by atoms with Crippen molar-refractivity contribution >= 4 is 23.5 Å². The molecule has 90 valence electrons. The first kappa shape index (κ1) is 13.0. The van der Waals surface area contributed by atoms with Crippen molar-refractivity contribution in [2.45, 2.75) is 20.8 Å². The Bertz CT molecular complexity index is 346. The monoisotopic (exact) mass is 246 g/mol. The Morgan fingerprint density at radius 2 is 2.06 bits per heavy atom. The summed E-state index contributed by atoms with van der Waals surface area (Å²) in [7, 11) is 0. The topological polar surface area (TPSA) is 63.6 Å². The predicted octanol–water partition coefficient (Wildman–Crippen LogP) is 2.03. The summed E-state index contributed by atoms with van der Waals surface area (Å²) in [5.41, 5.74) is -0.349. The van der Waals surface area contributed by atoms with Gasteiger partial charge in [-0.25, -0.2) is 4.79 Å². The number of aliphatic carboxylic acids is 1. The number of carboxylic acid groups (broad SMARTS) is 1. The van der Waals surface area contributed by atoms with Gasteiger partial charge in [-0.1, -0.05) is 31.5 Å². The maximum absolute atomic E-state index is 11.2. The molecule has 2 atom stereocenters. The average molecular weight is 247 g/mol. The summed E-state index contributed by atoms with van der Waals surface area (Å²) in [5.74, 6) is -2.15. The van der Waals surface area contributed by atoms with Crippen LogP contribution in [-0.4, -0.2) is 23.7 Å². The average Bonchev–Trinajstić information content (AvgIpc) is 2.68. The minimum Gasteiger partial charge on any atom is -0.481 e. The molecule has 0 bridgehead atoms. The minimum absolute atomic E-state index is 0.0383. The normalized spacial score (nSPS) is 27.4. The van der Waals surface area contributed by atoms with Crippen molar-refractivity contribution in [1.29, 1.82) is 0 Å². The molecule has 0 saturated heterocycles. The van der Waals surface area contributed by atoms with Gasteiger partial charge in [-0.15, -0.1) is 0 Å². The number of hydrogen-bond donors (Lipinski definition) is 1. The van der Waals surface area contributed by atoms with Crippen LogP contribution in [0.25, 0.3) is 0 Å². The molecular formula is C11H15ClO4. The quantitative estimate of drug-likeness (QED) is 0.609. The Hall–Kier alpha value is -1.03. The third-order valence-corrected chi connectivity index (χ3v) is 3.25. The highest BCUT2D eigenvalue weighted by Gasteiger charge is 2.61. The van der Waals surface area contributed by atoms with Gasteiger partial charge < -0.3 is 9.84 Å². The number of allylic oxidation sites excluding steroid dienone is 1. The van der Waals surface area contributed by atoms with E-state index in [9.17, 15) is 9.59 Å². The van der Waals surface area contributed by atoms with Crippen molar-refractivity contribution in [1.82, 2.24) is 0 Å². The lowest BCUT2D eigenvalue weighted by atomic mass is 10.1. The van der Waals surface area contributed by atoms with E-state index in [1.165, 1.54) is 6.08 Å². The largest absolute Gasteiger partial charge is 0.481 e. The number of halogens is 1. The number of rotatable bonds is 4. The molecule has 0 spiro atoms. The van der Waals surface area contributed by atoms with Crippen LogP contribution in [0.15, 0.2) is 11.1 Å². The SMILES string of the molecule is CCOC(=O)C(Cl)=C[C@H]1[C@@H](C(=O)O)C1(C)C. The van der Waals surface area contributed by atoms with Crippen LogP contribution in [0.4, 0.5) is 0 Å². The molecule has 1 aliphatic rings. The van der Waals surface area contributed by atoms with E-state index in [0.717, 1.165) is 0 Å². The molecule has 0 unspecified atom stereocenters. The Balaban J connectivity index is 2.72. The van der Waals surface area contributed by atoms with Gasteiger partial charge in [-0.3, -0.25) is 4.79 Å². The van der Waals surface area contributed by atoms with E-state index in [4.69, 9.17) is 21.4 Å². The summed E-state index contributed by atoms with van der Waals surface area (Å²) in [4.78, 5) is 22.1. The van der Waals surface area contributed by atoms with E-state index in [2.05, 4.69) is 0 Å². The molecule has 0 amide bonds. The van der Waals surface area contributed by atoms with Crippen LogP contribution in [0, 0.1) is 17.3 Å². The zero-order valence-corrected chi connectivity index (χ0v) is 10.2. The van der Waals surface area contributed by atoms with Crippen LogP contribution in [0.1, 0.15) is 20.8 Å². The molecule has 0 radical (unpaired) electrons. The molecule has 1 fully saturated rings. The standard InChI is InChI=1S/C11H15ClO4/c1-4-16-10(15)7(12)5-6-8(9(13)14)11(6,2)3/h5-6,8H,4H2,1-3H3,(H,13,14)/t6-,8-/m0/s1. The number of carbonyl (C=O) groups excluding carboxylic acids is 1. The molecular weight excluding hydrogens is 232 g/mol. The van der Waals surface area contributed by atoms with Crippen molar-refractivity contribution in [3.63, 3.8) is 0 Å². The lowest BCUT2D eigenvalue weighted by Crippen LogP contribution is -2.04. The van der Waals surface area contributed by atoms with E-state index >= 15 is 0 Å². The number of ether oxygens (including phenoxy) is 1. The number of carboxylic acids is 1. The first-order valence-electron chi connectivity index (χ1n) is 5.09. The van der Waals surface area contributed by atoms with Gasteiger partial charge in [-0.2, -0.15) is 0 Å². The molecule has 4 nitrogen and oxygen atoms in total. The Kier molecular flexibility index (Phi) is 3.63. The van der Waals surface area contributed by atoms with Crippen molar-refractivity contribution < 1.29 is 19.4 Å². The molecule has 0 aliphatic heterocycles. The van der Waals surface area contributed by atoms with Crippen LogP contribution in [0.5, 0.6) is 0 Å². The summed E-state index contributed by atoms with van der Waals surface area (Å²) in [6.45, 7) is 5.60. The van der Waals surface area contributed by atoms with E-state index < -0.39 is 17.9 Å². The second kappa shape index (κ2) is 4.45. The first-order chi connectivity index (χ1) is 7.32. The van der Waals surface area contributed by atoms with Crippen molar-refractivity contribution in [2.75, 3.05) is 6.61 Å². The molecule has 0 aromatic carbocycles. The fourth-order valence-corrected chi connectivity index (χ4v) is 2.08. The summed E-state index contributed by atoms with van der Waals surface area (Å²) >= 11 is 5.74. The van der Waals surface area contributed by atoms with Gasteiger partial charge in [0, 0.05) is 0 Å². The molecule has 16 heavy (non-hydrogen) atoms. The Labute approximate surface area is 99.2 Å². The molecule has 1 rings (SSSR count). The molecule has 0 aromatic rings. The second-order valence-corrected chi connectivity index (χ2v) is 4.81. The van der Waals surface area contributed by atoms with E-state index in [-0.39, 0.29) is 23.0 Å². The van der Waals surface area contributed by atoms with Gasteiger partial charge >= 0.3 is 11.9 Å². The Morgan fingerprint density at radius 1 is 1.50 bits per heavy atom. The molecule has 5 heteroatoms. The lowest BCUT2D eigenvalue weighted by Gasteiger charge is -2.00. The number of carbonyl (C=O) groups is 2. The van der Waals surface area contributed by atoms with Gasteiger partial charge in [0.1, 0.15) is 5.03 Å². The summed E-state index contributed by atoms with van der Waals surface area (Å²) < 4.78 is 4.71. The molecule has 1 N–H and O–H groups in total. The lowest BCUT2D eigenvalue weighted by molar-refractivity contribution is -0.140. The fourth-order valence-electron chi connectivity index (χ4n) is 1.89. The third-order valence-electron chi connectivity index (χ3n) is 2.97. The summed E-state index contributed by atoms with van der Waals surface area (Å²) in [6, 6.07) is 0. The summed E-state index contributed by atoms with van der Waals surface area (Å²) in [6.07, 6.45) is 1.48. The van der Waals surface area contributed by atoms with Crippen LogP contribution in [-0.2, 0) is 14.3 Å². The van der Waals surface area contributed by atoms with Crippen LogP contribution in [0.2, 0.25) is 0 Å². The van der Waals surface area contributed by atoms with E-state index in [1.807, 2.05) is 13.8 Å². The Morgan fingerprint density at radius 3 is 2.44 bits per heavy atom. The van der Waals surface area contributed by atoms with E-state index in [1.54, 1.807) is 6.92 Å². The third kappa shape index (κ3) is 2.38. The summed E-state index contributed by atoms with van der Waals surface area (Å²) in [5, 5.41) is 8.89. The first-order valence-corrected chi connectivity index (χ1v) is 5.47. The zero-order valence-electron chi connectivity index (χ0n) is 9.49. The maximum atomic E-state index is 11.2. The maximum Gasteiger partial charge on any atom is 0.349 e. The van der Waals surface area contributed by atoms with E-state index in [0.29, 0.717) is 0 Å². The highest BCUT2D eigenvalue weighted by Crippen LogP contribution is 2.59. The van der Waals surface area contributed by atoms with Gasteiger partial charge in [0.15, 0.2) is 0 Å². The van der Waals surface area contributed by atoms with Crippen LogP contribution < -0.4 is 0 Å². The van der Waals surface area contributed by atoms with Gasteiger partial charge in [0.2, 0.25) is 0 Å². The van der Waals surface area contributed by atoms with Gasteiger partial charge in [0.05, 0.1) is 12.5 Å². The van der Waals surface area contributed by atoms with Crippen LogP contribution >= 0.6 is 11.6 Å². The molecule has 0 aromatic heterocycles. The van der Waals surface area contributed by atoms with Gasteiger partial charge in [0.25, 0.3) is 0 Å². The second-order valence-electron chi connectivity index (χ2n) is 4.40.